The molecule has 0 saturated heterocycles. The average molecular weight is 874 g/mol. The Balaban J connectivity index is 4.43. The summed E-state index contributed by atoms with van der Waals surface area (Å²) in [5.41, 5.74) is 0. The fraction of sp³-hybridized carbons (Fsp3) is 0.855. The average Bonchev–Trinajstić information content (AvgIpc) is 3.26. The molecule has 0 aromatic rings. The second-order valence-electron chi connectivity index (χ2n) is 18.3. The van der Waals surface area contributed by atoms with E-state index in [1.165, 1.54) is 148 Å². The molecule has 0 rings (SSSR count). The fourth-order valence-corrected chi connectivity index (χ4v) is 7.80. The lowest BCUT2D eigenvalue weighted by Crippen LogP contribution is -2.17. The van der Waals surface area contributed by atoms with Gasteiger partial charge in [0, 0.05) is 19.4 Å². The molecule has 0 N–H and O–H groups in total. The first-order valence-corrected chi connectivity index (χ1v) is 26.6. The van der Waals surface area contributed by atoms with Gasteiger partial charge in [-0.25, -0.2) is 0 Å². The Morgan fingerprint density at radius 1 is 0.435 bits per heavy atom. The van der Waals surface area contributed by atoms with Gasteiger partial charge in [0.25, 0.3) is 0 Å². The van der Waals surface area contributed by atoms with Crippen LogP contribution in [0.1, 0.15) is 245 Å². The van der Waals surface area contributed by atoms with Crippen LogP contribution >= 0.6 is 0 Å². The van der Waals surface area contributed by atoms with Gasteiger partial charge in [0.2, 0.25) is 0 Å². The quantitative estimate of drug-likeness (QED) is 0.0261. The van der Waals surface area contributed by atoms with E-state index in [4.69, 9.17) is 18.9 Å². The van der Waals surface area contributed by atoms with Crippen LogP contribution in [0, 0.1) is 5.92 Å². The molecule has 0 bridgehead atoms. The van der Waals surface area contributed by atoms with E-state index in [1.807, 2.05) is 6.08 Å². The van der Waals surface area contributed by atoms with Gasteiger partial charge < -0.3 is 23.8 Å². The van der Waals surface area contributed by atoms with Gasteiger partial charge in [-0.15, -0.1) is 0 Å². The standard InChI is InChI=1S/C55H103NO6/c1-6-9-12-15-24-31-38-47-59-53(57)44-36-29-22-18-20-27-34-42-52(51-54(58)60-50-41-46-56(4)5)43-35-28-21-19-23-30-37-45-55(61-48-39-32-25-16-13-10-7-2)62-49-40-33-26-17-14-11-8-3/h31-33,38-40,52,55H,6-30,34-37,41-51H2,1-5H3. The molecule has 0 heterocycles. The number of ether oxygens (including phenoxy) is 4. The van der Waals surface area contributed by atoms with Gasteiger partial charge in [-0.05, 0) is 97.1 Å². The van der Waals surface area contributed by atoms with E-state index < -0.39 is 0 Å². The molecule has 0 aromatic heterocycles. The van der Waals surface area contributed by atoms with E-state index in [0.29, 0.717) is 45.2 Å². The van der Waals surface area contributed by atoms with Crippen LogP contribution in [-0.2, 0) is 28.5 Å². The monoisotopic (exact) mass is 874 g/mol. The van der Waals surface area contributed by atoms with E-state index in [2.05, 4.69) is 70.1 Å². The van der Waals surface area contributed by atoms with Crippen LogP contribution < -0.4 is 0 Å². The van der Waals surface area contributed by atoms with E-state index >= 15 is 0 Å². The predicted molar refractivity (Wildman–Crippen MR) is 266 cm³/mol. The third kappa shape index (κ3) is 47.5. The zero-order chi connectivity index (χ0) is 45.2. The number of nitrogens with zero attached hydrogens (tertiary/aromatic N) is 1. The summed E-state index contributed by atoms with van der Waals surface area (Å²) >= 11 is 0. The van der Waals surface area contributed by atoms with Crippen LogP contribution in [0.2, 0.25) is 0 Å². The van der Waals surface area contributed by atoms with Crippen molar-refractivity contribution in [3.8, 4) is 0 Å². The van der Waals surface area contributed by atoms with Crippen molar-refractivity contribution in [2.24, 2.45) is 5.92 Å². The number of esters is 2. The highest BCUT2D eigenvalue weighted by Gasteiger charge is 2.15. The SMILES string of the molecule is CCCCCCC=CCOC(=O)CCCCCCCCCC(CCCCCCCCCC(OCC=CCCCCCC)OCC=CCCCCCC)CC(=O)OCCCN(C)C. The maximum Gasteiger partial charge on any atom is 0.306 e. The minimum atomic E-state index is -0.133. The van der Waals surface area contributed by atoms with E-state index in [-0.39, 0.29) is 18.2 Å². The number of hydrogen-bond donors (Lipinski definition) is 0. The molecule has 62 heavy (non-hydrogen) atoms. The third-order valence-electron chi connectivity index (χ3n) is 11.8. The molecular weight excluding hydrogens is 771 g/mol. The molecule has 7 nitrogen and oxygen atoms in total. The van der Waals surface area contributed by atoms with Crippen LogP contribution in [0.3, 0.4) is 0 Å². The Morgan fingerprint density at radius 2 is 0.855 bits per heavy atom. The first-order valence-electron chi connectivity index (χ1n) is 26.6. The van der Waals surface area contributed by atoms with Crippen molar-refractivity contribution in [1.82, 2.24) is 4.90 Å². The summed E-state index contributed by atoms with van der Waals surface area (Å²) in [7, 11) is 4.11. The molecule has 0 aliphatic rings. The highest BCUT2D eigenvalue weighted by atomic mass is 16.7. The number of hydrogen-bond acceptors (Lipinski definition) is 7. The molecule has 0 fully saturated rings. The molecule has 364 valence electrons. The molecule has 0 aromatic carbocycles. The van der Waals surface area contributed by atoms with Crippen molar-refractivity contribution >= 4 is 11.9 Å². The van der Waals surface area contributed by atoms with Crippen molar-refractivity contribution in [2.75, 3.05) is 47.1 Å². The van der Waals surface area contributed by atoms with E-state index in [0.717, 1.165) is 70.8 Å². The third-order valence-corrected chi connectivity index (χ3v) is 11.8. The molecule has 0 spiro atoms. The Hall–Kier alpha value is -1.96. The lowest BCUT2D eigenvalue weighted by atomic mass is 9.91. The van der Waals surface area contributed by atoms with Crippen molar-refractivity contribution < 1.29 is 28.5 Å². The Bertz CT molecular complexity index is 999. The summed E-state index contributed by atoms with van der Waals surface area (Å²) in [6, 6.07) is 0. The summed E-state index contributed by atoms with van der Waals surface area (Å²) in [5, 5.41) is 0. The molecule has 0 saturated carbocycles. The Kier molecular flexibility index (Phi) is 48.5. The summed E-state index contributed by atoms with van der Waals surface area (Å²) in [6.45, 7) is 9.87. The molecule has 0 aliphatic carbocycles. The van der Waals surface area contributed by atoms with Gasteiger partial charge in [-0.1, -0.05) is 192 Å². The topological polar surface area (TPSA) is 74.3 Å². The summed E-state index contributed by atoms with van der Waals surface area (Å²) in [4.78, 5) is 26.9. The van der Waals surface area contributed by atoms with Gasteiger partial charge in [-0.3, -0.25) is 9.59 Å². The van der Waals surface area contributed by atoms with Gasteiger partial charge in [-0.2, -0.15) is 0 Å². The largest absolute Gasteiger partial charge is 0.466 e. The van der Waals surface area contributed by atoms with E-state index in [9.17, 15) is 9.59 Å². The molecule has 0 radical (unpaired) electrons. The maximum atomic E-state index is 12.8. The molecule has 1 atom stereocenters. The lowest BCUT2D eigenvalue weighted by Gasteiger charge is -2.17. The Morgan fingerprint density at radius 3 is 1.32 bits per heavy atom. The molecule has 1 unspecified atom stereocenters. The maximum absolute atomic E-state index is 12.8. The summed E-state index contributed by atoms with van der Waals surface area (Å²) in [5.74, 6) is 0.327. The highest BCUT2D eigenvalue weighted by Crippen LogP contribution is 2.23. The lowest BCUT2D eigenvalue weighted by molar-refractivity contribution is -0.145. The fourth-order valence-electron chi connectivity index (χ4n) is 7.80. The second kappa shape index (κ2) is 50.0. The highest BCUT2D eigenvalue weighted by molar-refractivity contribution is 5.69. The minimum absolute atomic E-state index is 0.0196. The molecular formula is C55H103NO6. The first-order chi connectivity index (χ1) is 30.4. The van der Waals surface area contributed by atoms with Crippen LogP contribution in [0.4, 0.5) is 0 Å². The number of unbranched alkanes of at least 4 members (excludes halogenated alkanes) is 24. The van der Waals surface area contributed by atoms with E-state index in [1.54, 1.807) is 0 Å². The van der Waals surface area contributed by atoms with Gasteiger partial charge in [0.1, 0.15) is 6.61 Å². The predicted octanol–water partition coefficient (Wildman–Crippen LogP) is 16.0. The molecule has 0 aliphatic heterocycles. The van der Waals surface area contributed by atoms with Gasteiger partial charge in [0.15, 0.2) is 6.29 Å². The smallest absolute Gasteiger partial charge is 0.306 e. The van der Waals surface area contributed by atoms with Crippen molar-refractivity contribution in [2.45, 2.75) is 252 Å². The molecule has 7 heteroatoms. The van der Waals surface area contributed by atoms with Crippen LogP contribution in [0.5, 0.6) is 0 Å². The first kappa shape index (κ1) is 60.0. The normalized spacial score (nSPS) is 13.0. The van der Waals surface area contributed by atoms with Gasteiger partial charge >= 0.3 is 11.9 Å². The number of rotatable bonds is 49. The zero-order valence-corrected chi connectivity index (χ0v) is 41.8. The Labute approximate surface area is 385 Å². The van der Waals surface area contributed by atoms with Crippen molar-refractivity contribution in [1.29, 1.82) is 0 Å². The summed E-state index contributed by atoms with van der Waals surface area (Å²) < 4.78 is 23.4. The van der Waals surface area contributed by atoms with Crippen LogP contribution in [-0.4, -0.2) is 70.2 Å². The number of carbonyl (C=O) groups is 2. The summed E-state index contributed by atoms with van der Waals surface area (Å²) in [6.07, 6.45) is 53.4. The zero-order valence-electron chi connectivity index (χ0n) is 41.8. The van der Waals surface area contributed by atoms with Crippen LogP contribution in [0.25, 0.3) is 0 Å². The van der Waals surface area contributed by atoms with Crippen molar-refractivity contribution in [3.05, 3.63) is 36.5 Å². The van der Waals surface area contributed by atoms with Gasteiger partial charge in [0.05, 0.1) is 19.8 Å². The number of allylic oxidation sites excluding steroid dienone is 3. The minimum Gasteiger partial charge on any atom is -0.466 e. The number of carbonyl (C=O) groups excluding carboxylic acids is 2. The second-order valence-corrected chi connectivity index (χ2v) is 18.3. The van der Waals surface area contributed by atoms with Crippen molar-refractivity contribution in [3.63, 3.8) is 0 Å². The molecule has 0 amide bonds. The van der Waals surface area contributed by atoms with Crippen LogP contribution in [0.15, 0.2) is 36.5 Å².